The van der Waals surface area contributed by atoms with Crippen molar-refractivity contribution in [3.63, 3.8) is 0 Å². The van der Waals surface area contributed by atoms with E-state index in [-0.39, 0.29) is 11.8 Å². The predicted molar refractivity (Wildman–Crippen MR) is 79.3 cm³/mol. The average Bonchev–Trinajstić information content (AvgIpc) is 2.82. The van der Waals surface area contributed by atoms with Crippen LogP contribution in [-0.4, -0.2) is 42.8 Å². The highest BCUT2D eigenvalue weighted by Gasteiger charge is 2.27. The van der Waals surface area contributed by atoms with Crippen LogP contribution in [0.1, 0.15) is 37.0 Å². The molecule has 0 bridgehead atoms. The first-order valence-corrected chi connectivity index (χ1v) is 7.73. The molecule has 1 fully saturated rings. The van der Waals surface area contributed by atoms with E-state index in [1.807, 2.05) is 6.92 Å². The summed E-state index contributed by atoms with van der Waals surface area (Å²) in [6.45, 7) is 6.56. The van der Waals surface area contributed by atoms with Crippen molar-refractivity contribution >= 4 is 28.3 Å². The molecule has 1 saturated heterocycles. The van der Waals surface area contributed by atoms with Gasteiger partial charge in [0, 0.05) is 19.7 Å². The zero-order valence-corrected chi connectivity index (χ0v) is 12.7. The van der Waals surface area contributed by atoms with E-state index in [0.717, 1.165) is 37.5 Å². The number of hydrogen-bond acceptors (Lipinski definition) is 7. The molecule has 1 aliphatic heterocycles. The van der Waals surface area contributed by atoms with Crippen molar-refractivity contribution in [2.45, 2.75) is 32.8 Å². The predicted octanol–water partition coefficient (Wildman–Crippen LogP) is 1.91. The lowest BCUT2D eigenvalue weighted by Crippen LogP contribution is -2.37. The van der Waals surface area contributed by atoms with E-state index < -0.39 is 0 Å². The molecule has 1 aliphatic rings. The fourth-order valence-electron chi connectivity index (χ4n) is 2.37. The molecule has 0 spiro atoms. The van der Waals surface area contributed by atoms with Crippen LogP contribution in [0.25, 0.3) is 0 Å². The van der Waals surface area contributed by atoms with Crippen molar-refractivity contribution in [3.05, 3.63) is 5.56 Å². The topological polar surface area (TPSA) is 77.7 Å². The molecule has 0 amide bonds. The molecule has 0 radical (unpaired) electrons. The summed E-state index contributed by atoms with van der Waals surface area (Å²) in [5, 5.41) is 0.816. The van der Waals surface area contributed by atoms with Crippen molar-refractivity contribution < 1.29 is 14.3 Å². The normalized spacial score (nSPS) is 16.4. The molecule has 1 aromatic rings. The van der Waals surface area contributed by atoms with Crippen LogP contribution in [0, 0.1) is 0 Å². The van der Waals surface area contributed by atoms with E-state index in [1.165, 1.54) is 11.5 Å². The maximum Gasteiger partial charge on any atom is 0.345 e. The number of carbonyl (C=O) groups is 1. The van der Waals surface area contributed by atoms with Gasteiger partial charge in [0.25, 0.3) is 0 Å². The standard InChI is InChI=1S/C13H21N3O3S/c1-3-18-9-5-7-16(8-6-9)12-10(11(14)15-20-12)13(17)19-4-2/h9H,3-8H2,1-2H3,(H2,14,15). The average molecular weight is 299 g/mol. The van der Waals surface area contributed by atoms with Crippen molar-refractivity contribution in [1.82, 2.24) is 4.37 Å². The van der Waals surface area contributed by atoms with E-state index in [2.05, 4.69) is 9.27 Å². The Kier molecular flexibility index (Phi) is 5.19. The fraction of sp³-hybridized carbons (Fsp3) is 0.692. The molecular formula is C13H21N3O3S. The molecule has 112 valence electrons. The molecule has 1 aromatic heterocycles. The van der Waals surface area contributed by atoms with Gasteiger partial charge in [-0.25, -0.2) is 4.79 Å². The van der Waals surface area contributed by atoms with Gasteiger partial charge in [-0.15, -0.1) is 0 Å². The summed E-state index contributed by atoms with van der Waals surface area (Å²) in [6.07, 6.45) is 2.22. The number of ether oxygens (including phenoxy) is 2. The number of rotatable bonds is 5. The number of anilines is 2. The van der Waals surface area contributed by atoms with Gasteiger partial charge in [-0.1, -0.05) is 0 Å². The van der Waals surface area contributed by atoms with Crippen molar-refractivity contribution in [2.24, 2.45) is 0 Å². The molecule has 0 atom stereocenters. The highest BCUT2D eigenvalue weighted by Crippen LogP contribution is 2.33. The Morgan fingerprint density at radius 2 is 2.10 bits per heavy atom. The summed E-state index contributed by atoms with van der Waals surface area (Å²) in [6, 6.07) is 0. The molecule has 2 N–H and O–H groups in total. The Bertz CT molecular complexity index is 456. The molecule has 0 aromatic carbocycles. The summed E-state index contributed by atoms with van der Waals surface area (Å²) < 4.78 is 14.8. The molecule has 20 heavy (non-hydrogen) atoms. The molecule has 2 heterocycles. The van der Waals surface area contributed by atoms with Gasteiger partial charge in [0.1, 0.15) is 10.6 Å². The first-order chi connectivity index (χ1) is 9.67. The van der Waals surface area contributed by atoms with Gasteiger partial charge in [-0.3, -0.25) is 0 Å². The van der Waals surface area contributed by atoms with Crippen LogP contribution in [0.5, 0.6) is 0 Å². The van der Waals surface area contributed by atoms with Gasteiger partial charge >= 0.3 is 5.97 Å². The Hall–Kier alpha value is -1.34. The molecule has 6 nitrogen and oxygen atoms in total. The molecule has 2 rings (SSSR count). The van der Waals surface area contributed by atoms with Crippen molar-refractivity contribution in [1.29, 1.82) is 0 Å². The van der Waals surface area contributed by atoms with Gasteiger partial charge in [-0.05, 0) is 38.2 Å². The minimum atomic E-state index is -0.388. The number of nitrogens with zero attached hydrogens (tertiary/aromatic N) is 2. The smallest absolute Gasteiger partial charge is 0.345 e. The van der Waals surface area contributed by atoms with Crippen LogP contribution in [0.3, 0.4) is 0 Å². The number of esters is 1. The lowest BCUT2D eigenvalue weighted by Gasteiger charge is -2.32. The maximum atomic E-state index is 12.0. The summed E-state index contributed by atoms with van der Waals surface area (Å²) in [5.74, 6) is -0.129. The molecule has 7 heteroatoms. The molecular weight excluding hydrogens is 278 g/mol. The first kappa shape index (κ1) is 15.1. The van der Waals surface area contributed by atoms with E-state index in [4.69, 9.17) is 15.2 Å². The second kappa shape index (κ2) is 6.90. The Morgan fingerprint density at radius 3 is 2.70 bits per heavy atom. The Morgan fingerprint density at radius 1 is 1.40 bits per heavy atom. The van der Waals surface area contributed by atoms with Crippen LogP contribution in [-0.2, 0) is 9.47 Å². The first-order valence-electron chi connectivity index (χ1n) is 6.96. The molecule has 0 unspecified atom stereocenters. The SMILES string of the molecule is CCOC(=O)c1c(N)nsc1N1CCC(OCC)CC1. The minimum Gasteiger partial charge on any atom is -0.462 e. The third-order valence-electron chi connectivity index (χ3n) is 3.31. The van der Waals surface area contributed by atoms with Crippen LogP contribution in [0.2, 0.25) is 0 Å². The van der Waals surface area contributed by atoms with Gasteiger partial charge < -0.3 is 20.1 Å². The summed E-state index contributed by atoms with van der Waals surface area (Å²) in [5.41, 5.74) is 6.21. The van der Waals surface area contributed by atoms with Crippen molar-refractivity contribution in [2.75, 3.05) is 36.9 Å². The third kappa shape index (κ3) is 3.21. The highest BCUT2D eigenvalue weighted by atomic mass is 32.1. The Balaban J connectivity index is 2.08. The lowest BCUT2D eigenvalue weighted by molar-refractivity contribution is 0.0459. The third-order valence-corrected chi connectivity index (χ3v) is 4.23. The number of nitrogen functional groups attached to an aromatic ring is 1. The van der Waals surface area contributed by atoms with E-state index >= 15 is 0 Å². The summed E-state index contributed by atoms with van der Waals surface area (Å²) in [4.78, 5) is 14.1. The van der Waals surface area contributed by atoms with Crippen LogP contribution in [0.15, 0.2) is 0 Å². The molecule has 0 saturated carbocycles. The zero-order chi connectivity index (χ0) is 14.5. The van der Waals surface area contributed by atoms with Gasteiger partial charge in [0.2, 0.25) is 0 Å². The summed E-state index contributed by atoms with van der Waals surface area (Å²) in [7, 11) is 0. The number of piperidine rings is 1. The Labute approximate surface area is 123 Å². The fourth-order valence-corrected chi connectivity index (χ4v) is 3.22. The van der Waals surface area contributed by atoms with E-state index in [0.29, 0.717) is 18.3 Å². The van der Waals surface area contributed by atoms with Gasteiger partial charge in [-0.2, -0.15) is 4.37 Å². The maximum absolute atomic E-state index is 12.0. The number of hydrogen-bond donors (Lipinski definition) is 1. The summed E-state index contributed by atoms with van der Waals surface area (Å²) >= 11 is 1.26. The largest absolute Gasteiger partial charge is 0.462 e. The van der Waals surface area contributed by atoms with Gasteiger partial charge in [0.05, 0.1) is 12.7 Å². The minimum absolute atomic E-state index is 0.260. The quantitative estimate of drug-likeness (QED) is 0.837. The van der Waals surface area contributed by atoms with Crippen molar-refractivity contribution in [3.8, 4) is 0 Å². The van der Waals surface area contributed by atoms with Crippen LogP contribution in [0.4, 0.5) is 10.8 Å². The number of carbonyl (C=O) groups excluding carboxylic acids is 1. The van der Waals surface area contributed by atoms with Gasteiger partial charge in [0.15, 0.2) is 5.82 Å². The molecule has 0 aliphatic carbocycles. The lowest BCUT2D eigenvalue weighted by atomic mass is 10.1. The van der Waals surface area contributed by atoms with E-state index in [1.54, 1.807) is 6.92 Å². The number of nitrogens with two attached hydrogens (primary N) is 1. The second-order valence-corrected chi connectivity index (χ2v) is 5.36. The monoisotopic (exact) mass is 299 g/mol. The second-order valence-electron chi connectivity index (χ2n) is 4.61. The number of aromatic nitrogens is 1. The zero-order valence-electron chi connectivity index (χ0n) is 11.9. The van der Waals surface area contributed by atoms with E-state index in [9.17, 15) is 4.79 Å². The highest BCUT2D eigenvalue weighted by molar-refractivity contribution is 7.11. The van der Waals surface area contributed by atoms with Crippen LogP contribution < -0.4 is 10.6 Å². The van der Waals surface area contributed by atoms with Crippen LogP contribution >= 0.6 is 11.5 Å².